The van der Waals surface area contributed by atoms with Gasteiger partial charge in [-0.1, -0.05) is 298 Å². The van der Waals surface area contributed by atoms with Crippen molar-refractivity contribution in [1.82, 2.24) is 0 Å². The number of carbonyl (C=O) groups is 4. The van der Waals surface area contributed by atoms with Crippen LogP contribution in [0, 0.1) is 0 Å². The normalized spacial score (nSPS) is 14.8. The lowest BCUT2D eigenvalue weighted by Gasteiger charge is -2.21. The van der Waals surface area contributed by atoms with Crippen molar-refractivity contribution in [3.8, 4) is 0 Å². The number of phosphoric ester groups is 2. The molecule has 632 valence electrons. The predicted molar refractivity (Wildman–Crippen MR) is 463 cm³/mol. The van der Waals surface area contributed by atoms with Crippen molar-refractivity contribution in [2.75, 3.05) is 39.6 Å². The first-order valence-electron chi connectivity index (χ1n) is 42.3. The third-order valence-corrected chi connectivity index (χ3v) is 18.6. The molecule has 3 N–H and O–H groups in total. The zero-order valence-electron chi connectivity index (χ0n) is 69.3. The van der Waals surface area contributed by atoms with E-state index in [9.17, 15) is 43.2 Å². The Morgan fingerprint density at radius 1 is 0.259 bits per heavy atom. The Kier molecular flexibility index (Phi) is 77.9. The SMILES string of the molecule is CC/C=C\C/C=C\C/C=C\C/C=C\C/C=C\C/C=C\CCC(=O)OCC(COP(=O)(O)OCC(O)COP(=O)(O)OCC(COC(=O)CCCCC/C=C\C/C=C\C/C=C\C/C=C\C/C=C\CC)OC(=O)CCCCC/C=C\C/C=C\C/C=C\C/C=C\C/C=C\CC)OC(=O)CCCCCCC/C=C\CCCCCCCC. The fraction of sp³-hybridized carbons (Fsp3) is 0.591. The lowest BCUT2D eigenvalue weighted by atomic mass is 10.1. The Balaban J connectivity index is 5.54. The highest BCUT2D eigenvalue weighted by Gasteiger charge is 2.30. The molecule has 0 aliphatic carbocycles. The molecule has 0 aromatic carbocycles. The maximum atomic E-state index is 13.1. The molecule has 5 unspecified atom stereocenters. The van der Waals surface area contributed by atoms with Crippen molar-refractivity contribution >= 4 is 39.5 Å². The number of carbonyl (C=O) groups excluding carboxylic acids is 4. The maximum Gasteiger partial charge on any atom is 0.472 e. The van der Waals surface area contributed by atoms with Crippen molar-refractivity contribution in [3.63, 3.8) is 0 Å². The zero-order valence-corrected chi connectivity index (χ0v) is 71.0. The molecule has 0 spiro atoms. The number of allylic oxidation sites excluding steroid dienone is 34. The van der Waals surface area contributed by atoms with E-state index in [-0.39, 0.29) is 25.7 Å². The van der Waals surface area contributed by atoms with Gasteiger partial charge in [0.25, 0.3) is 0 Å². The van der Waals surface area contributed by atoms with E-state index in [2.05, 4.69) is 216 Å². The molecule has 17 nitrogen and oxygen atoms in total. The number of ether oxygens (including phenoxy) is 4. The topological polar surface area (TPSA) is 237 Å². The van der Waals surface area contributed by atoms with E-state index in [4.69, 9.17) is 37.0 Å². The van der Waals surface area contributed by atoms with Crippen molar-refractivity contribution in [2.45, 2.75) is 316 Å². The maximum absolute atomic E-state index is 13.1. The van der Waals surface area contributed by atoms with Crippen LogP contribution >= 0.6 is 15.6 Å². The Morgan fingerprint density at radius 2 is 0.482 bits per heavy atom. The molecule has 5 atom stereocenters. The summed E-state index contributed by atoms with van der Waals surface area (Å²) in [6.07, 6.45) is 104. The Hall–Kier alpha value is -6.36. The predicted octanol–water partition coefficient (Wildman–Crippen LogP) is 25.4. The van der Waals surface area contributed by atoms with Gasteiger partial charge in [0.15, 0.2) is 12.2 Å². The molecule has 0 radical (unpaired) electrons. The summed E-state index contributed by atoms with van der Waals surface area (Å²) >= 11 is 0. The monoisotopic (exact) mass is 1600 g/mol. The standard InChI is InChI=1S/C93H148O17P2/c1-5-9-13-17-21-25-29-33-37-40-43-46-50-53-57-61-65-69-73-77-90(95)103-83-88(109-92(97)79-75-71-67-63-59-55-49-36-32-28-24-20-16-12-8-4)85-107-111(99,100)105-81-87(94)82-106-112(101,102)108-86-89(110-93(98)80-76-72-68-64-60-56-52-48-45-42-39-35-31-27-23-19-15-11-7-3)84-104-91(96)78-74-70-66-62-58-54-51-47-44-41-38-34-30-26-22-18-14-10-6-2/h9-11,13-15,21-23,25-27,33-39,43-49,53-54,56-58,60,65,69,87-89,94H,5-8,12,16-20,24,28-32,40-42,50-52,55,59,61-64,66-68,70-86H2,1-4H3,(H,99,100)(H,101,102)/b13-9-,14-10-,15-11-,25-21-,26-22-,27-23-,37-33-,38-34-,39-35-,46-43-,47-44-,48-45-,49-36-,57-53-,58-54-,60-56-,69-65-. The molecule has 0 aliphatic heterocycles. The number of rotatable bonds is 77. The molecule has 0 fully saturated rings. The number of aliphatic hydroxyl groups excluding tert-OH is 1. The fourth-order valence-electron chi connectivity index (χ4n) is 10.4. The van der Waals surface area contributed by atoms with Crippen LogP contribution < -0.4 is 0 Å². The summed E-state index contributed by atoms with van der Waals surface area (Å²) in [7, 11) is -10.0. The highest BCUT2D eigenvalue weighted by Crippen LogP contribution is 2.45. The Labute approximate surface area is 678 Å². The Morgan fingerprint density at radius 3 is 0.786 bits per heavy atom. The molecule has 0 heterocycles. The first-order valence-corrected chi connectivity index (χ1v) is 45.3. The zero-order chi connectivity index (χ0) is 81.7. The average molecular weight is 1600 g/mol. The molecule has 112 heavy (non-hydrogen) atoms. The van der Waals surface area contributed by atoms with Gasteiger partial charge in [-0.25, -0.2) is 9.13 Å². The van der Waals surface area contributed by atoms with Gasteiger partial charge < -0.3 is 33.8 Å². The molecule has 0 saturated carbocycles. The van der Waals surface area contributed by atoms with Gasteiger partial charge in [-0.3, -0.25) is 37.3 Å². The molecule has 0 rings (SSSR count). The van der Waals surface area contributed by atoms with E-state index in [1.807, 2.05) is 18.2 Å². The van der Waals surface area contributed by atoms with Crippen LogP contribution in [0.5, 0.6) is 0 Å². The number of esters is 4. The molecule has 0 aromatic rings. The van der Waals surface area contributed by atoms with Gasteiger partial charge >= 0.3 is 39.5 Å². The second-order valence-corrected chi connectivity index (χ2v) is 30.2. The average Bonchev–Trinajstić information content (AvgIpc) is 0.898. The van der Waals surface area contributed by atoms with Crippen molar-refractivity contribution in [3.05, 3.63) is 207 Å². The summed E-state index contributed by atoms with van der Waals surface area (Å²) in [4.78, 5) is 73.2. The second kappa shape index (κ2) is 82.6. The van der Waals surface area contributed by atoms with Crippen molar-refractivity contribution in [2.24, 2.45) is 0 Å². The number of hydrogen-bond acceptors (Lipinski definition) is 15. The largest absolute Gasteiger partial charge is 0.472 e. The summed E-state index contributed by atoms with van der Waals surface area (Å²) in [6.45, 7) is 4.35. The Bertz CT molecular complexity index is 2940. The van der Waals surface area contributed by atoms with Crippen LogP contribution in [-0.4, -0.2) is 96.7 Å². The van der Waals surface area contributed by atoms with Crippen LogP contribution in [0.1, 0.15) is 297 Å². The summed E-state index contributed by atoms with van der Waals surface area (Å²) < 4.78 is 68.7. The van der Waals surface area contributed by atoms with E-state index in [0.29, 0.717) is 32.1 Å². The summed E-state index contributed by atoms with van der Waals surface area (Å²) in [6, 6.07) is 0. The van der Waals surface area contributed by atoms with Gasteiger partial charge in [0.2, 0.25) is 0 Å². The minimum atomic E-state index is -5.02. The van der Waals surface area contributed by atoms with Gasteiger partial charge in [0.05, 0.1) is 26.4 Å². The number of aliphatic hydroxyl groups is 1. The third kappa shape index (κ3) is 81.6. The molecule has 19 heteroatoms. The van der Waals surface area contributed by atoms with Crippen LogP contribution in [0.25, 0.3) is 0 Å². The van der Waals surface area contributed by atoms with E-state index < -0.39 is 97.5 Å². The lowest BCUT2D eigenvalue weighted by molar-refractivity contribution is -0.161. The van der Waals surface area contributed by atoms with Crippen molar-refractivity contribution < 1.29 is 80.2 Å². The molecule has 0 saturated heterocycles. The number of phosphoric acid groups is 2. The highest BCUT2D eigenvalue weighted by molar-refractivity contribution is 7.47. The minimum Gasteiger partial charge on any atom is -0.462 e. The van der Waals surface area contributed by atoms with Crippen LogP contribution in [0.3, 0.4) is 0 Å². The minimum absolute atomic E-state index is 0.0262. The number of hydrogen-bond donors (Lipinski definition) is 3. The van der Waals surface area contributed by atoms with Gasteiger partial charge in [-0.05, 0) is 180 Å². The summed E-state index contributed by atoms with van der Waals surface area (Å²) in [5.74, 6) is -2.37. The van der Waals surface area contributed by atoms with E-state index >= 15 is 0 Å². The van der Waals surface area contributed by atoms with Crippen LogP contribution in [0.4, 0.5) is 0 Å². The summed E-state index contributed by atoms with van der Waals surface area (Å²) in [5.41, 5.74) is 0. The molecule has 0 amide bonds. The van der Waals surface area contributed by atoms with Gasteiger partial charge in [0.1, 0.15) is 19.3 Å². The van der Waals surface area contributed by atoms with Gasteiger partial charge in [-0.15, -0.1) is 0 Å². The van der Waals surface area contributed by atoms with Crippen LogP contribution in [-0.2, 0) is 65.4 Å². The molecule has 0 bridgehead atoms. The quantitative estimate of drug-likeness (QED) is 0.0169. The molecule has 0 aliphatic rings. The van der Waals surface area contributed by atoms with Gasteiger partial charge in [-0.2, -0.15) is 0 Å². The second-order valence-electron chi connectivity index (χ2n) is 27.3. The highest BCUT2D eigenvalue weighted by atomic mass is 31.2. The third-order valence-electron chi connectivity index (χ3n) is 16.7. The number of unbranched alkanes of at least 4 members (excludes halogenated alkanes) is 17. The molecule has 0 aromatic heterocycles. The van der Waals surface area contributed by atoms with Crippen LogP contribution in [0.2, 0.25) is 0 Å². The smallest absolute Gasteiger partial charge is 0.462 e. The van der Waals surface area contributed by atoms with E-state index in [1.165, 1.54) is 38.5 Å². The van der Waals surface area contributed by atoms with Crippen molar-refractivity contribution in [1.29, 1.82) is 0 Å². The first-order chi connectivity index (χ1) is 54.7. The van der Waals surface area contributed by atoms with E-state index in [1.54, 1.807) is 0 Å². The summed E-state index contributed by atoms with van der Waals surface area (Å²) in [5, 5.41) is 10.7. The fourth-order valence-corrected chi connectivity index (χ4v) is 12.0. The van der Waals surface area contributed by atoms with Crippen LogP contribution in [0.15, 0.2) is 207 Å². The lowest BCUT2D eigenvalue weighted by Crippen LogP contribution is -2.30. The van der Waals surface area contributed by atoms with Gasteiger partial charge in [0, 0.05) is 25.7 Å². The molecular formula is C93H148O17P2. The van der Waals surface area contributed by atoms with E-state index in [0.717, 1.165) is 173 Å². The first kappa shape index (κ1) is 106. The molecular weight excluding hydrogens is 1450 g/mol.